The summed E-state index contributed by atoms with van der Waals surface area (Å²) in [7, 11) is -4.94. The van der Waals surface area contributed by atoms with Crippen molar-refractivity contribution in [2.45, 2.75) is 79.1 Å². The van der Waals surface area contributed by atoms with E-state index in [1.54, 1.807) is 0 Å². The van der Waals surface area contributed by atoms with E-state index in [-0.39, 0.29) is 16.8 Å². The van der Waals surface area contributed by atoms with Crippen molar-refractivity contribution in [1.29, 1.82) is 0 Å². The van der Waals surface area contributed by atoms with E-state index in [0.29, 0.717) is 24.2 Å². The molecule has 0 aromatic rings. The molecule has 0 saturated heterocycles. The van der Waals surface area contributed by atoms with Crippen LogP contribution in [0.5, 0.6) is 0 Å². The summed E-state index contributed by atoms with van der Waals surface area (Å²) in [5, 5.41) is 0. The first-order valence-electron chi connectivity index (χ1n) is 8.73. The van der Waals surface area contributed by atoms with Crippen LogP contribution in [0.4, 0.5) is 0 Å². The first kappa shape index (κ1) is 28.7. The van der Waals surface area contributed by atoms with Crippen molar-refractivity contribution in [3.8, 4) is 0 Å². The van der Waals surface area contributed by atoms with Gasteiger partial charge in [0.25, 0.3) is 0 Å². The fourth-order valence-electron chi connectivity index (χ4n) is 2.26. The molecule has 0 spiro atoms. The van der Waals surface area contributed by atoms with E-state index in [2.05, 4.69) is 13.8 Å². The Morgan fingerprint density at radius 3 is 1.26 bits per heavy atom. The van der Waals surface area contributed by atoms with Gasteiger partial charge in [-0.1, -0.05) is 79.1 Å². The maximum Gasteiger partial charge on any atom is 3.00 e. The van der Waals surface area contributed by atoms with E-state index in [4.69, 9.17) is 0 Å². The monoisotopic (exact) mass is 413 g/mol. The van der Waals surface area contributed by atoms with E-state index in [1.165, 1.54) is 38.5 Å². The zero-order chi connectivity index (χ0) is 17.4. The molecule has 23 heavy (non-hydrogen) atoms. The summed E-state index contributed by atoms with van der Waals surface area (Å²) in [5.74, 6) is 0.732. The van der Waals surface area contributed by atoms with Gasteiger partial charge in [0, 0.05) is 16.1 Å². The Labute approximate surface area is 155 Å². The zero-order valence-corrected chi connectivity index (χ0v) is 18.2. The minimum atomic E-state index is -2.47. The number of unbranched alkanes of at least 4 members (excludes halogenated alkanes) is 4. The van der Waals surface area contributed by atoms with Crippen LogP contribution in [0.25, 0.3) is 0 Å². The molecule has 4 nitrogen and oxygen atoms in total. The van der Waals surface area contributed by atoms with Crippen molar-refractivity contribution >= 4 is 16.1 Å². The summed E-state index contributed by atoms with van der Waals surface area (Å²) in [5.41, 5.74) is 0. The van der Waals surface area contributed by atoms with Crippen LogP contribution in [0, 0.1) is 11.8 Å². The van der Waals surface area contributed by atoms with Gasteiger partial charge in [-0.2, -0.15) is 0 Å². The van der Waals surface area contributed by atoms with E-state index in [1.807, 2.05) is 13.8 Å². The summed E-state index contributed by atoms with van der Waals surface area (Å²) in [6.07, 6.45) is 10.1. The molecule has 142 valence electrons. The van der Waals surface area contributed by atoms with Crippen molar-refractivity contribution in [1.82, 2.24) is 0 Å². The Balaban J connectivity index is -0.000000333. The van der Waals surface area contributed by atoms with Crippen molar-refractivity contribution in [3.63, 3.8) is 0 Å². The Kier molecular flexibility index (Phi) is 26.1. The third kappa shape index (κ3) is 28.0. The summed E-state index contributed by atoms with van der Waals surface area (Å²) >= 11 is 0. The van der Waals surface area contributed by atoms with Crippen LogP contribution >= 0.6 is 16.1 Å². The molecule has 0 aliphatic heterocycles. The molecule has 0 aliphatic rings. The van der Waals surface area contributed by atoms with Gasteiger partial charge in [0.15, 0.2) is 0 Å². The Hall–Kier alpha value is 0.886. The van der Waals surface area contributed by atoms with E-state index in [9.17, 15) is 18.9 Å². The van der Waals surface area contributed by atoms with Gasteiger partial charge in [0.05, 0.1) is 0 Å². The summed E-state index contributed by atoms with van der Waals surface area (Å²) in [4.78, 5) is 20.6. The molecule has 4 atom stereocenters. The smallest absolute Gasteiger partial charge is 0.802 e. The number of rotatable bonds is 12. The molecule has 0 radical (unpaired) electrons. The van der Waals surface area contributed by atoms with E-state index in [0.717, 1.165) is 12.8 Å². The molecule has 0 rings (SSSR count). The second-order valence-corrected chi connectivity index (χ2v) is 8.66. The van der Waals surface area contributed by atoms with Crippen LogP contribution < -0.4 is 9.79 Å². The zero-order valence-electron chi connectivity index (χ0n) is 15.2. The third-order valence-electron chi connectivity index (χ3n) is 3.63. The first-order valence-corrected chi connectivity index (χ1v) is 11.8. The van der Waals surface area contributed by atoms with Crippen LogP contribution in [0.2, 0.25) is 0 Å². The average Bonchev–Trinajstić information content (AvgIpc) is 2.38. The molecule has 0 fully saturated rings. The molecule has 0 aliphatic carbocycles. The molecule has 0 aromatic heterocycles. The van der Waals surface area contributed by atoms with Gasteiger partial charge in [-0.3, -0.25) is 0 Å². The second-order valence-electron chi connectivity index (χ2n) is 6.35. The van der Waals surface area contributed by atoms with Gasteiger partial charge in [-0.15, -0.1) is 0 Å². The third-order valence-corrected chi connectivity index (χ3v) is 5.69. The molecule has 0 heterocycles. The quantitative estimate of drug-likeness (QED) is 0.357. The Morgan fingerprint density at radius 2 is 1.04 bits per heavy atom. The van der Waals surface area contributed by atoms with Crippen molar-refractivity contribution in [2.24, 2.45) is 11.8 Å². The molecule has 0 amide bonds. The van der Waals surface area contributed by atoms with Crippen molar-refractivity contribution < 1.29 is 35.7 Å². The van der Waals surface area contributed by atoms with Gasteiger partial charge in [-0.25, -0.2) is 0 Å². The molecule has 0 saturated carbocycles. The maximum atomic E-state index is 10.3. The second kappa shape index (κ2) is 20.9. The van der Waals surface area contributed by atoms with Crippen LogP contribution in [-0.4, -0.2) is 12.3 Å². The number of hydrogen-bond acceptors (Lipinski definition) is 4. The topological polar surface area (TPSA) is 80.3 Å². The van der Waals surface area contributed by atoms with Crippen molar-refractivity contribution in [2.75, 3.05) is 12.3 Å². The standard InChI is InChI=1S/2C8H19O2P.Co/c2*1-3-4-5-6-8(2)7-11(9)10;/h2*8,11H,3-7H2,1-2H3,(H,9,10);/q;;+3/p-2. The number of hydrogen-bond donors (Lipinski definition) is 0. The maximum absolute atomic E-state index is 10.3. The van der Waals surface area contributed by atoms with Crippen LogP contribution in [0.15, 0.2) is 0 Å². The predicted octanol–water partition coefficient (Wildman–Crippen LogP) is 4.07. The van der Waals surface area contributed by atoms with E-state index >= 15 is 0 Å². The molecule has 0 N–H and O–H groups in total. The van der Waals surface area contributed by atoms with Gasteiger partial charge in [0.2, 0.25) is 0 Å². The minimum absolute atomic E-state index is 0. The van der Waals surface area contributed by atoms with Gasteiger partial charge >= 0.3 is 16.8 Å². The van der Waals surface area contributed by atoms with Crippen molar-refractivity contribution in [3.05, 3.63) is 0 Å². The van der Waals surface area contributed by atoms with Gasteiger partial charge < -0.3 is 18.9 Å². The molecule has 4 unspecified atom stereocenters. The Bertz CT molecular complexity index is 263. The van der Waals surface area contributed by atoms with Crippen LogP contribution in [-0.2, 0) is 25.9 Å². The SMILES string of the molecule is CCCCCC(C)C[PH](=O)[O-].CCCCCC(C)C[PH](=O)[O-].[Co+3]. The molecule has 7 heteroatoms. The first-order chi connectivity index (χ1) is 10.3. The summed E-state index contributed by atoms with van der Waals surface area (Å²) < 4.78 is 20.6. The predicted molar refractivity (Wildman–Crippen MR) is 94.3 cm³/mol. The fourth-order valence-corrected chi connectivity index (χ4v) is 3.81. The fraction of sp³-hybridized carbons (Fsp3) is 1.00. The molecule has 0 aromatic carbocycles. The van der Waals surface area contributed by atoms with Gasteiger partial charge in [-0.05, 0) is 24.2 Å². The summed E-state index contributed by atoms with van der Waals surface area (Å²) in [6.45, 7) is 8.33. The largest absolute Gasteiger partial charge is 3.00 e. The molecule has 0 bridgehead atoms. The van der Waals surface area contributed by atoms with Crippen LogP contribution in [0.3, 0.4) is 0 Å². The summed E-state index contributed by atoms with van der Waals surface area (Å²) in [6, 6.07) is 0. The van der Waals surface area contributed by atoms with Crippen LogP contribution in [0.1, 0.15) is 79.1 Å². The van der Waals surface area contributed by atoms with E-state index < -0.39 is 16.1 Å². The van der Waals surface area contributed by atoms with Gasteiger partial charge in [0.1, 0.15) is 0 Å². The molecular weight excluding hydrogens is 377 g/mol. The minimum Gasteiger partial charge on any atom is -0.802 e. The Morgan fingerprint density at radius 1 is 0.739 bits per heavy atom. The normalized spacial score (nSPS) is 15.6. The molecular formula is C16H36CoO4P2+. The average molecular weight is 413 g/mol.